The molecule has 0 aliphatic rings. The molecule has 0 aliphatic heterocycles. The van der Waals surface area contributed by atoms with Crippen LogP contribution in [-0.2, 0) is 0 Å². The summed E-state index contributed by atoms with van der Waals surface area (Å²) in [5, 5.41) is 4.72. The van der Waals surface area contributed by atoms with Crippen molar-refractivity contribution in [1.82, 2.24) is 0 Å². The Labute approximate surface area is 143 Å². The van der Waals surface area contributed by atoms with Gasteiger partial charge >= 0.3 is 0 Å². The first-order valence-electron chi connectivity index (χ1n) is 5.99. The molecule has 2 aromatic carbocycles. The lowest BCUT2D eigenvalue weighted by Crippen LogP contribution is -2.10. The molecule has 1 amide bonds. The van der Waals surface area contributed by atoms with Crippen LogP contribution in [0.2, 0.25) is 10.0 Å². The predicted octanol–water partition coefficient (Wildman–Crippen LogP) is 6.22. The number of anilines is 1. The molecule has 0 radical (unpaired) electrons. The minimum absolute atomic E-state index is 0.236. The predicted molar refractivity (Wildman–Crippen MR) is 93.9 cm³/mol. The van der Waals surface area contributed by atoms with E-state index in [1.165, 1.54) is 11.3 Å². The van der Waals surface area contributed by atoms with Gasteiger partial charge in [-0.3, -0.25) is 4.79 Å². The summed E-state index contributed by atoms with van der Waals surface area (Å²) in [6.07, 6.45) is 0. The van der Waals surface area contributed by atoms with Gasteiger partial charge in [0, 0.05) is 20.2 Å². The van der Waals surface area contributed by atoms with Crippen molar-refractivity contribution in [3.8, 4) is 0 Å². The van der Waals surface area contributed by atoms with E-state index in [9.17, 15) is 4.79 Å². The molecular weight excluding hydrogens is 393 g/mol. The molecule has 6 heteroatoms. The van der Waals surface area contributed by atoms with E-state index in [4.69, 9.17) is 23.2 Å². The molecule has 2 nitrogen and oxygen atoms in total. The summed E-state index contributed by atoms with van der Waals surface area (Å²) in [4.78, 5) is 12.9. The average molecular weight is 401 g/mol. The van der Waals surface area contributed by atoms with Crippen LogP contribution in [0.15, 0.2) is 46.9 Å². The average Bonchev–Trinajstić information content (AvgIpc) is 2.81. The summed E-state index contributed by atoms with van der Waals surface area (Å²) < 4.78 is 1.77. The monoisotopic (exact) mass is 399 g/mol. The molecule has 3 rings (SSSR count). The van der Waals surface area contributed by atoms with E-state index in [2.05, 4.69) is 21.2 Å². The van der Waals surface area contributed by atoms with Crippen LogP contribution in [0, 0.1) is 0 Å². The minimum Gasteiger partial charge on any atom is -0.321 e. The highest BCUT2D eigenvalue weighted by atomic mass is 79.9. The van der Waals surface area contributed by atoms with Gasteiger partial charge < -0.3 is 5.32 Å². The molecule has 0 spiro atoms. The number of halogens is 3. The Morgan fingerprint density at radius 2 is 1.90 bits per heavy atom. The van der Waals surface area contributed by atoms with Gasteiger partial charge in [0.1, 0.15) is 4.88 Å². The van der Waals surface area contributed by atoms with Gasteiger partial charge in [-0.15, -0.1) is 11.3 Å². The minimum atomic E-state index is -0.236. The van der Waals surface area contributed by atoms with Gasteiger partial charge in [0.05, 0.1) is 10.0 Å². The summed E-state index contributed by atoms with van der Waals surface area (Å²) in [5.74, 6) is -0.236. The second kappa shape index (κ2) is 5.97. The molecule has 1 aromatic heterocycles. The molecule has 0 saturated carbocycles. The van der Waals surface area contributed by atoms with Crippen LogP contribution in [0.5, 0.6) is 0 Å². The van der Waals surface area contributed by atoms with Crippen LogP contribution in [0.1, 0.15) is 9.67 Å². The Morgan fingerprint density at radius 1 is 1.14 bits per heavy atom. The highest BCUT2D eigenvalue weighted by Crippen LogP contribution is 2.35. The number of fused-ring (bicyclic) bond motifs is 1. The maximum Gasteiger partial charge on any atom is 0.267 e. The maximum absolute atomic E-state index is 12.4. The second-order valence-electron chi connectivity index (χ2n) is 4.32. The lowest BCUT2D eigenvalue weighted by molar-refractivity contribution is 0.103. The third-order valence-corrected chi connectivity index (χ3v) is 5.83. The van der Waals surface area contributed by atoms with Crippen molar-refractivity contribution in [3.63, 3.8) is 0 Å². The number of carbonyl (C=O) groups excluding carboxylic acids is 1. The number of rotatable bonds is 2. The molecule has 0 bridgehead atoms. The summed E-state index contributed by atoms with van der Waals surface area (Å²) in [6, 6.07) is 12.9. The van der Waals surface area contributed by atoms with E-state index in [-0.39, 0.29) is 5.91 Å². The number of thiophene rings is 1. The lowest BCUT2D eigenvalue weighted by atomic mass is 10.2. The zero-order valence-electron chi connectivity index (χ0n) is 10.5. The van der Waals surface area contributed by atoms with Crippen molar-refractivity contribution in [1.29, 1.82) is 0 Å². The van der Waals surface area contributed by atoms with Crippen LogP contribution in [0.25, 0.3) is 10.1 Å². The Bertz CT molecular complexity index is 847. The van der Waals surface area contributed by atoms with Gasteiger partial charge in [0.2, 0.25) is 0 Å². The molecule has 0 fully saturated rings. The molecule has 0 saturated heterocycles. The SMILES string of the molecule is O=C(Nc1ccc(Br)c(Cl)c1)c1sc2ccccc2c1Cl. The van der Waals surface area contributed by atoms with Gasteiger partial charge in [-0.25, -0.2) is 0 Å². The van der Waals surface area contributed by atoms with Gasteiger partial charge in [-0.2, -0.15) is 0 Å². The third kappa shape index (κ3) is 2.94. The zero-order chi connectivity index (χ0) is 15.0. The Morgan fingerprint density at radius 3 is 2.62 bits per heavy atom. The maximum atomic E-state index is 12.4. The van der Waals surface area contributed by atoms with Crippen molar-refractivity contribution < 1.29 is 4.79 Å². The molecule has 1 N–H and O–H groups in total. The van der Waals surface area contributed by atoms with Crippen LogP contribution in [-0.4, -0.2) is 5.91 Å². The van der Waals surface area contributed by atoms with Gasteiger partial charge in [0.15, 0.2) is 0 Å². The fourth-order valence-corrected chi connectivity index (χ4v) is 3.76. The number of nitrogens with one attached hydrogen (secondary N) is 1. The van der Waals surface area contributed by atoms with Crippen molar-refractivity contribution in [3.05, 3.63) is 61.9 Å². The van der Waals surface area contributed by atoms with Crippen molar-refractivity contribution >= 4 is 72.1 Å². The first-order chi connectivity index (χ1) is 10.1. The molecule has 3 aromatic rings. The molecule has 0 atom stereocenters. The number of carbonyl (C=O) groups is 1. The molecule has 106 valence electrons. The standard InChI is InChI=1S/C15H8BrCl2NOS/c16-10-6-5-8(7-11(10)17)19-15(20)14-13(18)9-3-1-2-4-12(9)21-14/h1-7H,(H,19,20). The second-order valence-corrected chi connectivity index (χ2v) is 7.02. The molecular formula is C15H8BrCl2NOS. The van der Waals surface area contributed by atoms with Gasteiger partial charge in [0.25, 0.3) is 5.91 Å². The topological polar surface area (TPSA) is 29.1 Å². The molecule has 21 heavy (non-hydrogen) atoms. The van der Waals surface area contributed by atoms with Crippen LogP contribution >= 0.6 is 50.5 Å². The van der Waals surface area contributed by atoms with Crippen molar-refractivity contribution in [2.24, 2.45) is 0 Å². The smallest absolute Gasteiger partial charge is 0.267 e. The van der Waals surface area contributed by atoms with Crippen LogP contribution in [0.3, 0.4) is 0 Å². The fraction of sp³-hybridized carbons (Fsp3) is 0. The highest BCUT2D eigenvalue weighted by molar-refractivity contribution is 9.10. The van der Waals surface area contributed by atoms with Gasteiger partial charge in [-0.05, 0) is 40.2 Å². The van der Waals surface area contributed by atoms with Crippen molar-refractivity contribution in [2.75, 3.05) is 5.32 Å². The van der Waals surface area contributed by atoms with E-state index in [0.717, 1.165) is 14.6 Å². The summed E-state index contributed by atoms with van der Waals surface area (Å²) in [5.41, 5.74) is 0.627. The van der Waals surface area contributed by atoms with Crippen LogP contribution < -0.4 is 5.32 Å². The summed E-state index contributed by atoms with van der Waals surface area (Å²) >= 11 is 17.0. The highest BCUT2D eigenvalue weighted by Gasteiger charge is 2.17. The molecule has 1 heterocycles. The number of hydrogen-bond donors (Lipinski definition) is 1. The van der Waals surface area contributed by atoms with E-state index in [1.807, 2.05) is 24.3 Å². The number of amides is 1. The number of benzene rings is 2. The van der Waals surface area contributed by atoms with E-state index in [0.29, 0.717) is 20.6 Å². The van der Waals surface area contributed by atoms with E-state index in [1.54, 1.807) is 18.2 Å². The van der Waals surface area contributed by atoms with Crippen LogP contribution in [0.4, 0.5) is 5.69 Å². The summed E-state index contributed by atoms with van der Waals surface area (Å²) in [6.45, 7) is 0. The zero-order valence-corrected chi connectivity index (χ0v) is 14.4. The quantitative estimate of drug-likeness (QED) is 0.543. The lowest BCUT2D eigenvalue weighted by Gasteiger charge is -2.05. The normalized spacial score (nSPS) is 10.8. The van der Waals surface area contributed by atoms with E-state index < -0.39 is 0 Å². The largest absolute Gasteiger partial charge is 0.321 e. The molecule has 0 unspecified atom stereocenters. The van der Waals surface area contributed by atoms with Gasteiger partial charge in [-0.1, -0.05) is 41.4 Å². The molecule has 0 aliphatic carbocycles. The first kappa shape index (κ1) is 14.9. The Kier molecular flexibility index (Phi) is 4.22. The van der Waals surface area contributed by atoms with Crippen molar-refractivity contribution in [2.45, 2.75) is 0 Å². The first-order valence-corrected chi connectivity index (χ1v) is 8.36. The fourth-order valence-electron chi connectivity index (χ4n) is 1.92. The third-order valence-electron chi connectivity index (χ3n) is 2.92. The van der Waals surface area contributed by atoms with E-state index >= 15 is 0 Å². The Balaban J connectivity index is 1.93. The number of hydrogen-bond acceptors (Lipinski definition) is 2. The summed E-state index contributed by atoms with van der Waals surface area (Å²) in [7, 11) is 0. The Hall–Kier alpha value is -1.07.